The molecule has 0 radical (unpaired) electrons. The minimum Gasteiger partial charge on any atom is -0.549 e. The highest BCUT2D eigenvalue weighted by molar-refractivity contribution is 7.55. The Bertz CT molecular complexity index is 702. The van der Waals surface area contributed by atoms with Gasteiger partial charge in [-0.15, -0.1) is 0 Å². The lowest BCUT2D eigenvalue weighted by molar-refractivity contribution is -0.725. The fraction of sp³-hybridized carbons (Fsp3) is 0.885. The van der Waals surface area contributed by atoms with Crippen LogP contribution in [0, 0.1) is 5.41 Å². The molecule has 1 unspecified atom stereocenters. The Morgan fingerprint density at radius 2 is 1.34 bits per heavy atom. The van der Waals surface area contributed by atoms with Crippen LogP contribution >= 0.6 is 7.60 Å². The average Bonchev–Trinajstić information content (AvgIpc) is 2.83. The first-order valence-corrected chi connectivity index (χ1v) is 15.3. The predicted octanol–water partition coefficient (Wildman–Crippen LogP) is 3.30. The summed E-state index contributed by atoms with van der Waals surface area (Å²) in [6.07, 6.45) is 15.4. The summed E-state index contributed by atoms with van der Waals surface area (Å²) in [4.78, 5) is 35.7. The Morgan fingerprint density at radius 1 is 0.914 bits per heavy atom. The molecule has 3 aliphatic carbocycles. The van der Waals surface area contributed by atoms with Crippen molar-refractivity contribution >= 4 is 25.1 Å². The van der Waals surface area contributed by atoms with Gasteiger partial charge in [-0.3, -0.25) is 14.2 Å². The van der Waals surface area contributed by atoms with Gasteiger partial charge in [0.2, 0.25) is 0 Å². The number of carboxylic acid groups (broad SMARTS) is 1. The van der Waals surface area contributed by atoms with E-state index in [-0.39, 0.29) is 37.6 Å². The summed E-state index contributed by atoms with van der Waals surface area (Å²) < 4.78 is 22.8. The van der Waals surface area contributed by atoms with Crippen LogP contribution in [0.25, 0.3) is 0 Å². The SMILES string of the molecule is C1CCC([NH2+]C2CCCCC2)CC1.CCOP(=O)(OCC)C(CC1(C)C(=O)CCCC1=O)C(=O)[O-]. The monoisotopic (exact) mass is 515 g/mol. The molecule has 8 nitrogen and oxygen atoms in total. The molecule has 3 fully saturated rings. The molecule has 3 rings (SSSR count). The van der Waals surface area contributed by atoms with Crippen LogP contribution in [0.4, 0.5) is 0 Å². The van der Waals surface area contributed by atoms with Crippen molar-refractivity contribution < 1.29 is 38.4 Å². The molecule has 2 N–H and O–H groups in total. The van der Waals surface area contributed by atoms with E-state index in [0.29, 0.717) is 6.42 Å². The van der Waals surface area contributed by atoms with Crippen molar-refractivity contribution in [3.63, 3.8) is 0 Å². The zero-order valence-corrected chi connectivity index (χ0v) is 22.8. The maximum Gasteiger partial charge on any atom is 0.339 e. The van der Waals surface area contributed by atoms with Crippen LogP contribution in [0.1, 0.15) is 111 Å². The van der Waals surface area contributed by atoms with Crippen LogP contribution in [-0.2, 0) is 28.0 Å². The molecule has 1 atom stereocenters. The van der Waals surface area contributed by atoms with Gasteiger partial charge in [0, 0.05) is 12.8 Å². The first kappa shape index (κ1) is 30.1. The molecule has 0 saturated heterocycles. The third kappa shape index (κ3) is 8.77. The highest BCUT2D eigenvalue weighted by Crippen LogP contribution is 2.56. The predicted molar refractivity (Wildman–Crippen MR) is 132 cm³/mol. The van der Waals surface area contributed by atoms with Crippen molar-refractivity contribution in [3.8, 4) is 0 Å². The van der Waals surface area contributed by atoms with E-state index in [9.17, 15) is 24.1 Å². The van der Waals surface area contributed by atoms with Crippen molar-refractivity contribution in [1.82, 2.24) is 0 Å². The standard InChI is InChI=1S/C14H23O7P.C12H23N/c1-4-20-22(19,21-5-2)10(13(17)18)9-14(3)11(15)7-6-8-12(14)16;1-3-7-11(8-4-1)13-12-9-5-2-6-10-12/h10H,4-9H2,1-3H3,(H,17,18);11-13H,1-10H2. The van der Waals surface area contributed by atoms with E-state index >= 15 is 0 Å². The van der Waals surface area contributed by atoms with Crippen molar-refractivity contribution in [2.75, 3.05) is 13.2 Å². The van der Waals surface area contributed by atoms with Crippen LogP contribution in [0.2, 0.25) is 0 Å². The van der Waals surface area contributed by atoms with E-state index < -0.39 is 31.1 Å². The van der Waals surface area contributed by atoms with Gasteiger partial charge in [-0.05, 0) is 85.0 Å². The van der Waals surface area contributed by atoms with Crippen molar-refractivity contribution in [2.45, 2.75) is 128 Å². The fourth-order valence-corrected chi connectivity index (χ4v) is 7.67. The lowest BCUT2D eigenvalue weighted by atomic mass is 9.70. The highest BCUT2D eigenvalue weighted by atomic mass is 31.2. The Labute approximate surface area is 210 Å². The minimum absolute atomic E-state index is 0.0142. The lowest BCUT2D eigenvalue weighted by Crippen LogP contribution is -2.95. The second-order valence-corrected chi connectivity index (χ2v) is 12.7. The molecule has 0 aromatic heterocycles. The van der Waals surface area contributed by atoms with Gasteiger partial charge in [0.05, 0.1) is 36.7 Å². The number of ketones is 2. The minimum atomic E-state index is -4.01. The zero-order chi connectivity index (χ0) is 25.9. The summed E-state index contributed by atoms with van der Waals surface area (Å²) in [5.74, 6) is -2.32. The second-order valence-electron chi connectivity index (χ2n) is 10.4. The van der Waals surface area contributed by atoms with E-state index in [1.165, 1.54) is 71.1 Å². The van der Waals surface area contributed by atoms with Gasteiger partial charge in [-0.1, -0.05) is 12.8 Å². The van der Waals surface area contributed by atoms with Crippen LogP contribution in [-0.4, -0.2) is 48.5 Å². The summed E-state index contributed by atoms with van der Waals surface area (Å²) in [7, 11) is -4.01. The number of quaternary nitrogens is 1. The second kappa shape index (κ2) is 14.6. The normalized spacial score (nSPS) is 22.8. The first-order valence-electron chi connectivity index (χ1n) is 13.7. The summed E-state index contributed by atoms with van der Waals surface area (Å²) >= 11 is 0. The largest absolute Gasteiger partial charge is 0.549 e. The van der Waals surface area contributed by atoms with E-state index in [0.717, 1.165) is 12.1 Å². The van der Waals surface area contributed by atoms with Crippen molar-refractivity contribution in [3.05, 3.63) is 0 Å². The molecule has 202 valence electrons. The van der Waals surface area contributed by atoms with E-state index in [1.54, 1.807) is 13.8 Å². The van der Waals surface area contributed by atoms with Gasteiger partial charge >= 0.3 is 7.60 Å². The number of carbonyl (C=O) groups excluding carboxylic acids is 3. The molecule has 0 bridgehead atoms. The molecule has 0 spiro atoms. The number of rotatable bonds is 10. The van der Waals surface area contributed by atoms with Crippen LogP contribution in [0.3, 0.4) is 0 Å². The third-order valence-electron chi connectivity index (χ3n) is 7.76. The van der Waals surface area contributed by atoms with Crippen LogP contribution in [0.5, 0.6) is 0 Å². The lowest BCUT2D eigenvalue weighted by Gasteiger charge is -2.36. The maximum absolute atomic E-state index is 12.7. The molecule has 3 saturated carbocycles. The van der Waals surface area contributed by atoms with Gasteiger partial charge in [0.25, 0.3) is 0 Å². The number of carboxylic acids is 1. The molecule has 35 heavy (non-hydrogen) atoms. The molecule has 0 amide bonds. The summed E-state index contributed by atoms with van der Waals surface area (Å²) in [6.45, 7) is 4.47. The van der Waals surface area contributed by atoms with Crippen molar-refractivity contribution in [1.29, 1.82) is 0 Å². The number of carbonyl (C=O) groups is 3. The van der Waals surface area contributed by atoms with E-state index in [4.69, 9.17) is 9.05 Å². The van der Waals surface area contributed by atoms with Gasteiger partial charge in [-0.2, -0.15) is 0 Å². The molecule has 9 heteroatoms. The molecule has 0 aromatic rings. The van der Waals surface area contributed by atoms with Gasteiger partial charge in [-0.25, -0.2) is 0 Å². The molecular formula is C26H46NO7P. The fourth-order valence-electron chi connectivity index (χ4n) is 5.67. The number of nitrogens with two attached hydrogens (primary N) is 1. The Morgan fingerprint density at radius 3 is 1.71 bits per heavy atom. The molecule has 0 heterocycles. The number of hydrogen-bond acceptors (Lipinski definition) is 7. The molecular weight excluding hydrogens is 469 g/mol. The van der Waals surface area contributed by atoms with E-state index in [1.807, 2.05) is 0 Å². The quantitative estimate of drug-likeness (QED) is 0.349. The van der Waals surface area contributed by atoms with Gasteiger partial charge < -0.3 is 24.3 Å². The van der Waals surface area contributed by atoms with Gasteiger partial charge in [0.15, 0.2) is 0 Å². The zero-order valence-electron chi connectivity index (χ0n) is 21.9. The van der Waals surface area contributed by atoms with E-state index in [2.05, 4.69) is 5.32 Å². The molecule has 0 aromatic carbocycles. The smallest absolute Gasteiger partial charge is 0.339 e. The molecule has 3 aliphatic rings. The summed E-state index contributed by atoms with van der Waals surface area (Å²) in [5, 5.41) is 14.2. The highest BCUT2D eigenvalue weighted by Gasteiger charge is 2.49. The molecule has 0 aliphatic heterocycles. The Hall–Kier alpha value is -1.08. The number of hydrogen-bond donors (Lipinski definition) is 1. The van der Waals surface area contributed by atoms with Gasteiger partial charge in [0.1, 0.15) is 17.2 Å². The Kier molecular flexibility index (Phi) is 12.6. The van der Waals surface area contributed by atoms with Crippen LogP contribution < -0.4 is 10.4 Å². The Balaban J connectivity index is 0.000000279. The topological polar surface area (TPSA) is 126 Å². The number of aliphatic carboxylic acids is 1. The average molecular weight is 516 g/mol. The van der Waals surface area contributed by atoms with Crippen LogP contribution in [0.15, 0.2) is 0 Å². The maximum atomic E-state index is 12.7. The summed E-state index contributed by atoms with van der Waals surface area (Å²) in [5.41, 5.74) is -3.13. The number of Topliss-reactive ketones (excluding diaryl/α,β-unsaturated/α-hetero) is 2. The summed E-state index contributed by atoms with van der Waals surface area (Å²) in [6, 6.07) is 1.99. The van der Waals surface area contributed by atoms with Crippen molar-refractivity contribution in [2.24, 2.45) is 5.41 Å². The first-order chi connectivity index (χ1) is 16.7. The third-order valence-corrected chi connectivity index (χ3v) is 10.1.